The molecule has 0 spiro atoms. The van der Waals surface area contributed by atoms with Gasteiger partial charge in [0, 0.05) is 6.07 Å². The fraction of sp³-hybridized carbons (Fsp3) is 0.312. The normalized spacial score (nSPS) is 11.5. The second-order valence-corrected chi connectivity index (χ2v) is 5.63. The smallest absolute Gasteiger partial charge is 0.360 e. The lowest BCUT2D eigenvalue weighted by Gasteiger charge is -2.17. The molecule has 0 radical (unpaired) electrons. The van der Waals surface area contributed by atoms with Crippen molar-refractivity contribution in [3.05, 3.63) is 41.7 Å². The number of anilines is 2. The number of hydrogen-bond acceptors (Lipinski definition) is 5. The summed E-state index contributed by atoms with van der Waals surface area (Å²) in [4.78, 5) is 25.2. The summed E-state index contributed by atoms with van der Waals surface area (Å²) in [5.74, 6) is -0.348. The Bertz CT molecular complexity index is 789. The van der Waals surface area contributed by atoms with Crippen LogP contribution in [0.25, 0.3) is 0 Å². The Balaban J connectivity index is 1.88. The molecule has 2 rings (SSSR count). The lowest BCUT2D eigenvalue weighted by molar-refractivity contribution is -0.137. The Morgan fingerprint density at radius 1 is 1.15 bits per heavy atom. The molecule has 0 aliphatic rings. The number of hydrogen-bond donors (Lipinski definition) is 2. The van der Waals surface area contributed by atoms with Crippen LogP contribution in [0.5, 0.6) is 0 Å². The molecular formula is C16H17F3N4O3. The van der Waals surface area contributed by atoms with Gasteiger partial charge in [-0.25, -0.2) is 0 Å². The molecule has 0 bridgehead atoms. The van der Waals surface area contributed by atoms with Gasteiger partial charge < -0.3 is 15.2 Å². The molecule has 1 aromatic heterocycles. The van der Waals surface area contributed by atoms with Crippen LogP contribution in [0.15, 0.2) is 34.9 Å². The lowest BCUT2D eigenvalue weighted by Crippen LogP contribution is -2.36. The van der Waals surface area contributed by atoms with Crippen LogP contribution in [0.1, 0.15) is 11.3 Å². The van der Waals surface area contributed by atoms with Gasteiger partial charge in [-0.2, -0.15) is 13.2 Å². The molecule has 10 heteroatoms. The summed E-state index contributed by atoms with van der Waals surface area (Å²) >= 11 is 0. The Morgan fingerprint density at radius 2 is 1.77 bits per heavy atom. The highest BCUT2D eigenvalue weighted by molar-refractivity contribution is 5.94. The summed E-state index contributed by atoms with van der Waals surface area (Å²) in [6.07, 6.45) is -4.58. The van der Waals surface area contributed by atoms with Crippen molar-refractivity contribution in [3.63, 3.8) is 0 Å². The van der Waals surface area contributed by atoms with E-state index >= 15 is 0 Å². The number of carbonyl (C=O) groups excluding carboxylic acids is 2. The quantitative estimate of drug-likeness (QED) is 0.816. The molecule has 0 unspecified atom stereocenters. The minimum atomic E-state index is -4.58. The first-order valence-corrected chi connectivity index (χ1v) is 7.53. The van der Waals surface area contributed by atoms with Gasteiger partial charge in [-0.05, 0) is 26.1 Å². The molecule has 2 amide bonds. The third-order valence-electron chi connectivity index (χ3n) is 3.23. The van der Waals surface area contributed by atoms with E-state index in [-0.39, 0.29) is 24.6 Å². The number of benzene rings is 1. The van der Waals surface area contributed by atoms with E-state index in [1.54, 1.807) is 6.92 Å². The number of aryl methyl sites for hydroxylation is 1. The van der Waals surface area contributed by atoms with Crippen molar-refractivity contribution in [2.24, 2.45) is 0 Å². The molecule has 1 aromatic carbocycles. The Kier molecular flexibility index (Phi) is 5.98. The highest BCUT2D eigenvalue weighted by Crippen LogP contribution is 2.34. The van der Waals surface area contributed by atoms with Crippen molar-refractivity contribution >= 4 is 23.3 Å². The number of para-hydroxylation sites is 1. The number of amides is 2. The van der Waals surface area contributed by atoms with Gasteiger partial charge >= 0.3 is 6.18 Å². The average Bonchev–Trinajstić information content (AvgIpc) is 2.91. The predicted molar refractivity (Wildman–Crippen MR) is 87.4 cm³/mol. The standard InChI is InChI=1S/C16H17F3N4O3/c1-10-7-13(22-26-10)21-15(25)9-23(2)8-14(24)20-12-6-4-3-5-11(12)16(17,18)19/h3-7H,8-9H2,1-2H3,(H,20,24)(H,21,22,25). The number of carbonyl (C=O) groups is 2. The van der Waals surface area contributed by atoms with E-state index < -0.39 is 23.6 Å². The van der Waals surface area contributed by atoms with Crippen molar-refractivity contribution in [1.82, 2.24) is 10.1 Å². The van der Waals surface area contributed by atoms with Crippen LogP contribution in [0, 0.1) is 6.92 Å². The van der Waals surface area contributed by atoms with Crippen LogP contribution < -0.4 is 10.6 Å². The second-order valence-electron chi connectivity index (χ2n) is 5.63. The third-order valence-corrected chi connectivity index (χ3v) is 3.23. The monoisotopic (exact) mass is 370 g/mol. The van der Waals surface area contributed by atoms with E-state index in [9.17, 15) is 22.8 Å². The Morgan fingerprint density at radius 3 is 2.35 bits per heavy atom. The van der Waals surface area contributed by atoms with Gasteiger partial charge in [0.25, 0.3) is 0 Å². The fourth-order valence-corrected chi connectivity index (χ4v) is 2.18. The van der Waals surface area contributed by atoms with E-state index in [2.05, 4.69) is 15.8 Å². The molecule has 7 nitrogen and oxygen atoms in total. The van der Waals surface area contributed by atoms with Crippen molar-refractivity contribution in [1.29, 1.82) is 0 Å². The summed E-state index contributed by atoms with van der Waals surface area (Å²) < 4.78 is 43.5. The first-order valence-electron chi connectivity index (χ1n) is 7.53. The molecule has 1 heterocycles. The van der Waals surface area contributed by atoms with E-state index in [1.807, 2.05) is 0 Å². The van der Waals surface area contributed by atoms with Crippen molar-refractivity contribution in [2.75, 3.05) is 30.8 Å². The molecule has 0 aliphatic heterocycles. The molecule has 0 aliphatic carbocycles. The maximum Gasteiger partial charge on any atom is 0.418 e. The number of rotatable bonds is 6. The number of likely N-dealkylation sites (N-methyl/N-ethyl adjacent to an activating group) is 1. The van der Waals surface area contributed by atoms with Crippen molar-refractivity contribution in [2.45, 2.75) is 13.1 Å². The maximum atomic E-state index is 12.9. The summed E-state index contributed by atoms with van der Waals surface area (Å²) in [5, 5.41) is 8.30. The molecule has 2 N–H and O–H groups in total. The van der Waals surface area contributed by atoms with Crippen LogP contribution in [0.2, 0.25) is 0 Å². The molecule has 26 heavy (non-hydrogen) atoms. The van der Waals surface area contributed by atoms with Gasteiger partial charge in [-0.15, -0.1) is 0 Å². The van der Waals surface area contributed by atoms with E-state index in [0.29, 0.717) is 5.76 Å². The lowest BCUT2D eigenvalue weighted by atomic mass is 10.1. The van der Waals surface area contributed by atoms with E-state index in [0.717, 1.165) is 6.07 Å². The summed E-state index contributed by atoms with van der Waals surface area (Å²) in [5.41, 5.74) is -1.27. The van der Waals surface area contributed by atoms with Crippen LogP contribution in [0.4, 0.5) is 24.7 Å². The van der Waals surface area contributed by atoms with E-state index in [1.165, 1.54) is 36.2 Å². The molecule has 0 atom stereocenters. The van der Waals surface area contributed by atoms with Gasteiger partial charge in [0.2, 0.25) is 11.8 Å². The van der Waals surface area contributed by atoms with Gasteiger partial charge in [0.15, 0.2) is 5.82 Å². The first-order chi connectivity index (χ1) is 12.1. The zero-order valence-corrected chi connectivity index (χ0v) is 14.1. The number of aromatic nitrogens is 1. The number of alkyl halides is 3. The molecule has 0 saturated heterocycles. The van der Waals surface area contributed by atoms with Gasteiger partial charge in [0.1, 0.15) is 5.76 Å². The molecule has 140 valence electrons. The zero-order chi connectivity index (χ0) is 19.3. The third kappa shape index (κ3) is 5.59. The van der Waals surface area contributed by atoms with Crippen LogP contribution >= 0.6 is 0 Å². The number of halogens is 3. The Hall–Kier alpha value is -2.88. The highest BCUT2D eigenvalue weighted by atomic mass is 19.4. The topological polar surface area (TPSA) is 87.5 Å². The number of nitrogens with one attached hydrogen (secondary N) is 2. The molecule has 0 fully saturated rings. The summed E-state index contributed by atoms with van der Waals surface area (Å²) in [7, 11) is 1.49. The maximum absolute atomic E-state index is 12.9. The minimum Gasteiger partial charge on any atom is -0.360 e. The predicted octanol–water partition coefficient (Wildman–Crippen LogP) is 2.51. The van der Waals surface area contributed by atoms with Crippen LogP contribution in [-0.4, -0.2) is 42.0 Å². The summed E-state index contributed by atoms with van der Waals surface area (Å²) in [6.45, 7) is 1.25. The van der Waals surface area contributed by atoms with Crippen molar-refractivity contribution < 1.29 is 27.3 Å². The van der Waals surface area contributed by atoms with Gasteiger partial charge in [-0.3, -0.25) is 14.5 Å². The first kappa shape index (κ1) is 19.4. The van der Waals surface area contributed by atoms with Gasteiger partial charge in [0.05, 0.1) is 24.3 Å². The SMILES string of the molecule is Cc1cc(NC(=O)CN(C)CC(=O)Nc2ccccc2C(F)(F)F)no1. The zero-order valence-electron chi connectivity index (χ0n) is 14.1. The molecule has 2 aromatic rings. The minimum absolute atomic E-state index is 0.153. The molecule has 0 saturated carbocycles. The van der Waals surface area contributed by atoms with Gasteiger partial charge in [-0.1, -0.05) is 17.3 Å². The molecular weight excluding hydrogens is 353 g/mol. The van der Waals surface area contributed by atoms with Crippen LogP contribution in [0.3, 0.4) is 0 Å². The largest absolute Gasteiger partial charge is 0.418 e. The second kappa shape index (κ2) is 8.00. The Labute approximate surface area is 147 Å². The average molecular weight is 370 g/mol. The fourth-order valence-electron chi connectivity index (χ4n) is 2.18. The van der Waals surface area contributed by atoms with Crippen molar-refractivity contribution in [3.8, 4) is 0 Å². The number of nitrogens with zero attached hydrogens (tertiary/aromatic N) is 2. The van der Waals surface area contributed by atoms with Crippen LogP contribution in [-0.2, 0) is 15.8 Å². The van der Waals surface area contributed by atoms with E-state index in [4.69, 9.17) is 4.52 Å². The highest BCUT2D eigenvalue weighted by Gasteiger charge is 2.33. The summed E-state index contributed by atoms with van der Waals surface area (Å²) in [6, 6.07) is 6.20.